The van der Waals surface area contributed by atoms with Crippen LogP contribution in [0.25, 0.3) is 0 Å². The number of nitrogens with zero attached hydrogens (tertiary/aromatic N) is 1. The number of benzene rings is 1. The molecule has 0 saturated heterocycles. The van der Waals surface area contributed by atoms with Crippen molar-refractivity contribution < 1.29 is 9.84 Å². The van der Waals surface area contributed by atoms with E-state index in [1.165, 1.54) is 0 Å². The van der Waals surface area contributed by atoms with Crippen LogP contribution in [0.15, 0.2) is 47.2 Å². The molecule has 3 nitrogen and oxygen atoms in total. The molecule has 1 N–H and O–H groups in total. The van der Waals surface area contributed by atoms with Crippen molar-refractivity contribution >= 4 is 15.9 Å². The van der Waals surface area contributed by atoms with Crippen LogP contribution in [0.2, 0.25) is 0 Å². The Kier molecular flexibility index (Phi) is 3.76. The molecule has 2 aromatic rings. The molecule has 0 spiro atoms. The van der Waals surface area contributed by atoms with Crippen LogP contribution in [-0.4, -0.2) is 17.2 Å². The van der Waals surface area contributed by atoms with Crippen molar-refractivity contribution in [2.24, 2.45) is 0 Å². The predicted molar refractivity (Wildman–Crippen MR) is 69.0 cm³/mol. The minimum absolute atomic E-state index is 0.657. The lowest BCUT2D eigenvalue weighted by atomic mass is 10.0. The summed E-state index contributed by atoms with van der Waals surface area (Å²) in [6, 6.07) is 9.16. The largest absolute Gasteiger partial charge is 0.496 e. The van der Waals surface area contributed by atoms with E-state index in [9.17, 15) is 5.11 Å². The first-order valence-corrected chi connectivity index (χ1v) is 5.93. The van der Waals surface area contributed by atoms with Gasteiger partial charge in [-0.15, -0.1) is 0 Å². The molecule has 1 atom stereocenters. The second-order valence-corrected chi connectivity index (χ2v) is 4.49. The summed E-state index contributed by atoms with van der Waals surface area (Å²) < 4.78 is 6.14. The van der Waals surface area contributed by atoms with Crippen molar-refractivity contribution in [1.29, 1.82) is 0 Å². The van der Waals surface area contributed by atoms with Crippen molar-refractivity contribution in [2.75, 3.05) is 7.11 Å². The Hall–Kier alpha value is -1.39. The van der Waals surface area contributed by atoms with Gasteiger partial charge in [-0.05, 0) is 24.3 Å². The number of pyridine rings is 1. The Balaban J connectivity index is 2.43. The van der Waals surface area contributed by atoms with Gasteiger partial charge in [0.05, 0.1) is 7.11 Å². The number of hydrogen-bond donors (Lipinski definition) is 1. The fraction of sp³-hybridized carbons (Fsp3) is 0.154. The summed E-state index contributed by atoms with van der Waals surface area (Å²) in [4.78, 5) is 4.00. The van der Waals surface area contributed by atoms with Crippen molar-refractivity contribution in [3.05, 3.63) is 58.3 Å². The topological polar surface area (TPSA) is 42.4 Å². The molecule has 0 amide bonds. The lowest BCUT2D eigenvalue weighted by molar-refractivity contribution is 0.214. The molecular weight excluding hydrogens is 282 g/mol. The normalized spacial score (nSPS) is 12.2. The Morgan fingerprint density at radius 2 is 2.18 bits per heavy atom. The number of halogens is 1. The molecule has 0 saturated carbocycles. The average Bonchev–Trinajstić information content (AvgIpc) is 2.39. The highest BCUT2D eigenvalue weighted by Gasteiger charge is 2.15. The zero-order chi connectivity index (χ0) is 12.3. The second kappa shape index (κ2) is 5.29. The monoisotopic (exact) mass is 293 g/mol. The third-order valence-electron chi connectivity index (χ3n) is 2.49. The van der Waals surface area contributed by atoms with Crippen molar-refractivity contribution in [2.45, 2.75) is 6.10 Å². The van der Waals surface area contributed by atoms with E-state index in [2.05, 4.69) is 20.9 Å². The number of methoxy groups -OCH3 is 1. The van der Waals surface area contributed by atoms with E-state index in [4.69, 9.17) is 4.74 Å². The van der Waals surface area contributed by atoms with Gasteiger partial charge in [0.1, 0.15) is 11.9 Å². The van der Waals surface area contributed by atoms with Gasteiger partial charge in [-0.2, -0.15) is 0 Å². The molecule has 1 heterocycles. The lowest BCUT2D eigenvalue weighted by Gasteiger charge is -2.15. The zero-order valence-electron chi connectivity index (χ0n) is 9.30. The van der Waals surface area contributed by atoms with Crippen molar-refractivity contribution in [3.63, 3.8) is 0 Å². The Morgan fingerprint density at radius 3 is 2.82 bits per heavy atom. The van der Waals surface area contributed by atoms with Crippen molar-refractivity contribution in [3.8, 4) is 5.75 Å². The predicted octanol–water partition coefficient (Wildman–Crippen LogP) is 2.93. The maximum atomic E-state index is 10.3. The van der Waals surface area contributed by atoms with E-state index in [0.717, 1.165) is 15.6 Å². The molecule has 4 heteroatoms. The van der Waals surface area contributed by atoms with Crippen LogP contribution in [0.3, 0.4) is 0 Å². The summed E-state index contributed by atoms with van der Waals surface area (Å²) in [5.41, 5.74) is 1.46. The van der Waals surface area contributed by atoms with Crippen LogP contribution < -0.4 is 4.74 Å². The summed E-state index contributed by atoms with van der Waals surface area (Å²) in [5, 5.41) is 10.3. The molecule has 0 aliphatic heterocycles. The number of aromatic nitrogens is 1. The second-order valence-electron chi connectivity index (χ2n) is 3.58. The van der Waals surface area contributed by atoms with Gasteiger partial charge in [-0.25, -0.2) is 0 Å². The molecule has 1 unspecified atom stereocenters. The summed E-state index contributed by atoms with van der Waals surface area (Å²) in [6.45, 7) is 0. The first-order chi connectivity index (χ1) is 8.22. The van der Waals surface area contributed by atoms with Gasteiger partial charge < -0.3 is 9.84 Å². The molecule has 0 radical (unpaired) electrons. The van der Waals surface area contributed by atoms with Crippen LogP contribution >= 0.6 is 15.9 Å². The fourth-order valence-corrected chi connectivity index (χ4v) is 2.01. The molecule has 88 valence electrons. The van der Waals surface area contributed by atoms with Gasteiger partial charge in [-0.3, -0.25) is 4.98 Å². The van der Waals surface area contributed by atoms with Crippen LogP contribution in [0.1, 0.15) is 17.2 Å². The van der Waals surface area contributed by atoms with Gasteiger partial charge in [0.2, 0.25) is 0 Å². The van der Waals surface area contributed by atoms with Gasteiger partial charge in [0.15, 0.2) is 0 Å². The van der Waals surface area contributed by atoms with E-state index in [-0.39, 0.29) is 0 Å². The number of aliphatic hydroxyl groups excluding tert-OH is 1. The number of aliphatic hydroxyl groups is 1. The van der Waals surface area contributed by atoms with Crippen LogP contribution in [0.4, 0.5) is 0 Å². The summed E-state index contributed by atoms with van der Waals surface area (Å²) >= 11 is 3.38. The molecule has 0 aliphatic rings. The van der Waals surface area contributed by atoms with E-state index in [1.54, 1.807) is 25.6 Å². The quantitative estimate of drug-likeness (QED) is 0.946. The molecule has 0 fully saturated rings. The third kappa shape index (κ3) is 2.65. The molecule has 17 heavy (non-hydrogen) atoms. The summed E-state index contributed by atoms with van der Waals surface area (Å²) in [5.74, 6) is 0.657. The van der Waals surface area contributed by atoms with E-state index < -0.39 is 6.10 Å². The first kappa shape index (κ1) is 12.1. The smallest absolute Gasteiger partial charge is 0.125 e. The SMILES string of the molecule is COc1ccc(Br)cc1C(O)c1cccnc1. The minimum atomic E-state index is -0.740. The maximum Gasteiger partial charge on any atom is 0.125 e. The molecule has 2 rings (SSSR count). The fourth-order valence-electron chi connectivity index (χ4n) is 1.64. The molecule has 1 aromatic carbocycles. The van der Waals surface area contributed by atoms with Gasteiger partial charge in [0, 0.05) is 28.0 Å². The van der Waals surface area contributed by atoms with Crippen LogP contribution in [0, 0.1) is 0 Å². The van der Waals surface area contributed by atoms with E-state index >= 15 is 0 Å². The molecule has 1 aromatic heterocycles. The number of ether oxygens (including phenoxy) is 1. The van der Waals surface area contributed by atoms with Gasteiger partial charge >= 0.3 is 0 Å². The zero-order valence-corrected chi connectivity index (χ0v) is 10.9. The molecule has 0 aliphatic carbocycles. The molecule has 0 bridgehead atoms. The highest BCUT2D eigenvalue weighted by atomic mass is 79.9. The maximum absolute atomic E-state index is 10.3. The highest BCUT2D eigenvalue weighted by Crippen LogP contribution is 2.31. The standard InChI is InChI=1S/C13H12BrNO2/c1-17-12-5-4-10(14)7-11(12)13(16)9-3-2-6-15-8-9/h2-8,13,16H,1H3. The minimum Gasteiger partial charge on any atom is -0.496 e. The summed E-state index contributed by atoms with van der Waals surface area (Å²) in [6.07, 6.45) is 2.58. The molecular formula is C13H12BrNO2. The average molecular weight is 294 g/mol. The highest BCUT2D eigenvalue weighted by molar-refractivity contribution is 9.10. The number of hydrogen-bond acceptors (Lipinski definition) is 3. The van der Waals surface area contributed by atoms with Crippen molar-refractivity contribution in [1.82, 2.24) is 4.98 Å². The van der Waals surface area contributed by atoms with Crippen LogP contribution in [-0.2, 0) is 0 Å². The Bertz CT molecular complexity index is 502. The summed E-state index contributed by atoms with van der Waals surface area (Å²) in [7, 11) is 1.59. The van der Waals surface area contributed by atoms with E-state index in [1.807, 2.05) is 24.3 Å². The Labute approximate surface area is 108 Å². The number of rotatable bonds is 3. The third-order valence-corrected chi connectivity index (χ3v) is 2.98. The van der Waals surface area contributed by atoms with Gasteiger partial charge in [0.25, 0.3) is 0 Å². The van der Waals surface area contributed by atoms with Crippen LogP contribution in [0.5, 0.6) is 5.75 Å². The van der Waals surface area contributed by atoms with E-state index in [0.29, 0.717) is 5.75 Å². The Morgan fingerprint density at radius 1 is 1.35 bits per heavy atom. The van der Waals surface area contributed by atoms with Gasteiger partial charge in [-0.1, -0.05) is 22.0 Å². The lowest BCUT2D eigenvalue weighted by Crippen LogP contribution is -2.02. The first-order valence-electron chi connectivity index (χ1n) is 5.14.